The predicted octanol–water partition coefficient (Wildman–Crippen LogP) is 2.86. The quantitative estimate of drug-likeness (QED) is 0.809. The van der Waals surface area contributed by atoms with Crippen LogP contribution in [0.3, 0.4) is 0 Å². The first-order valence-electron chi connectivity index (χ1n) is 4.08. The number of hydrogen-bond donors (Lipinski definition) is 1. The minimum Gasteiger partial charge on any atom is -0.380 e. The van der Waals surface area contributed by atoms with Crippen LogP contribution >= 0.6 is 24.2 Å². The second kappa shape index (κ2) is 4.82. The number of rotatable bonds is 3. The van der Waals surface area contributed by atoms with Crippen LogP contribution in [-0.4, -0.2) is 12.2 Å². The van der Waals surface area contributed by atoms with Gasteiger partial charge in [0.1, 0.15) is 0 Å². The molecule has 0 amide bonds. The normalized spacial score (nSPS) is 10.3. The third-order valence-corrected chi connectivity index (χ3v) is 2.67. The summed E-state index contributed by atoms with van der Waals surface area (Å²) < 4.78 is 5.00. The number of hydrogen-bond acceptors (Lipinski definition) is 2. The molecular weight excluding hydrogens is 220 g/mol. The van der Waals surface area contributed by atoms with Gasteiger partial charge in [-0.15, -0.1) is 12.6 Å². The number of aryl methyl sites for hydroxylation is 1. The van der Waals surface area contributed by atoms with Crippen molar-refractivity contribution in [1.82, 2.24) is 0 Å². The summed E-state index contributed by atoms with van der Waals surface area (Å²) in [6.45, 7) is 2.33. The summed E-state index contributed by atoms with van der Waals surface area (Å²) in [5, 5.41) is 0.110. The zero-order valence-corrected chi connectivity index (χ0v) is 9.65. The Balaban J connectivity index is 3.26. The molecule has 0 heterocycles. The maximum absolute atomic E-state index is 11.1. The SMILES string of the molecule is COCc1c(C)ccc(C(=O)S)c1Cl. The maximum Gasteiger partial charge on any atom is 0.217 e. The molecule has 0 N–H and O–H groups in total. The Kier molecular flexibility index (Phi) is 3.98. The summed E-state index contributed by atoms with van der Waals surface area (Å²) in [7, 11) is 1.59. The molecular formula is C10H11ClO2S. The number of methoxy groups -OCH3 is 1. The number of carbonyl (C=O) groups is 1. The smallest absolute Gasteiger partial charge is 0.217 e. The molecule has 0 saturated heterocycles. The highest BCUT2D eigenvalue weighted by atomic mass is 35.5. The lowest BCUT2D eigenvalue weighted by molar-refractivity contribution is 0.109. The van der Waals surface area contributed by atoms with Crippen molar-refractivity contribution in [1.29, 1.82) is 0 Å². The van der Waals surface area contributed by atoms with Gasteiger partial charge < -0.3 is 4.74 Å². The van der Waals surface area contributed by atoms with Crippen LogP contribution in [0, 0.1) is 6.92 Å². The summed E-state index contributed by atoms with van der Waals surface area (Å²) >= 11 is 9.78. The second-order valence-corrected chi connectivity index (χ2v) is 3.74. The van der Waals surface area contributed by atoms with Gasteiger partial charge in [0.15, 0.2) is 0 Å². The first-order chi connectivity index (χ1) is 6.57. The lowest BCUT2D eigenvalue weighted by Crippen LogP contribution is -1.99. The molecule has 0 aliphatic rings. The Bertz CT molecular complexity index is 363. The highest BCUT2D eigenvalue weighted by Gasteiger charge is 2.12. The van der Waals surface area contributed by atoms with Crippen LogP contribution < -0.4 is 0 Å². The van der Waals surface area contributed by atoms with Crippen LogP contribution in [0.25, 0.3) is 0 Å². The molecule has 1 aromatic rings. The molecule has 1 rings (SSSR count). The predicted molar refractivity (Wildman–Crippen MR) is 60.2 cm³/mol. The number of carbonyl (C=O) groups excluding carboxylic acids is 1. The van der Waals surface area contributed by atoms with Crippen molar-refractivity contribution in [2.75, 3.05) is 7.11 Å². The summed E-state index contributed by atoms with van der Waals surface area (Å²) in [5.41, 5.74) is 2.27. The van der Waals surface area contributed by atoms with Gasteiger partial charge in [-0.2, -0.15) is 0 Å². The van der Waals surface area contributed by atoms with Gasteiger partial charge >= 0.3 is 0 Å². The van der Waals surface area contributed by atoms with Gasteiger partial charge in [-0.1, -0.05) is 17.7 Å². The van der Waals surface area contributed by atoms with Crippen LogP contribution in [0.1, 0.15) is 21.5 Å². The molecule has 2 nitrogen and oxygen atoms in total. The molecule has 0 fully saturated rings. The minimum absolute atomic E-state index is 0.327. The third-order valence-electron chi connectivity index (χ3n) is 2.00. The summed E-state index contributed by atoms with van der Waals surface area (Å²) in [6, 6.07) is 3.51. The van der Waals surface area contributed by atoms with Gasteiger partial charge in [-0.3, -0.25) is 4.79 Å². The first kappa shape index (κ1) is 11.6. The average molecular weight is 231 g/mol. The van der Waals surface area contributed by atoms with Crippen molar-refractivity contribution in [2.24, 2.45) is 0 Å². The van der Waals surface area contributed by atoms with Gasteiger partial charge in [0, 0.05) is 12.7 Å². The van der Waals surface area contributed by atoms with Gasteiger partial charge in [-0.05, 0) is 24.1 Å². The molecule has 0 saturated carbocycles. The van der Waals surface area contributed by atoms with E-state index in [1.54, 1.807) is 13.2 Å². The van der Waals surface area contributed by atoms with Gasteiger partial charge in [0.2, 0.25) is 5.12 Å². The van der Waals surface area contributed by atoms with E-state index in [4.69, 9.17) is 16.3 Å². The van der Waals surface area contributed by atoms with Gasteiger partial charge in [-0.25, -0.2) is 0 Å². The van der Waals surface area contributed by atoms with Crippen molar-refractivity contribution in [3.05, 3.63) is 33.8 Å². The lowest BCUT2D eigenvalue weighted by atomic mass is 10.1. The first-order valence-corrected chi connectivity index (χ1v) is 4.90. The van der Waals surface area contributed by atoms with Gasteiger partial charge in [0.25, 0.3) is 0 Å². The molecule has 14 heavy (non-hydrogen) atoms. The lowest BCUT2D eigenvalue weighted by Gasteiger charge is -2.09. The summed E-state index contributed by atoms with van der Waals surface area (Å²) in [6.07, 6.45) is 0. The van der Waals surface area contributed by atoms with E-state index in [1.807, 2.05) is 13.0 Å². The molecule has 0 bridgehead atoms. The van der Waals surface area contributed by atoms with E-state index in [0.29, 0.717) is 17.2 Å². The fourth-order valence-electron chi connectivity index (χ4n) is 1.20. The molecule has 76 valence electrons. The fourth-order valence-corrected chi connectivity index (χ4v) is 1.81. The molecule has 0 unspecified atom stereocenters. The highest BCUT2D eigenvalue weighted by Crippen LogP contribution is 2.26. The summed E-state index contributed by atoms with van der Waals surface area (Å²) in [5.74, 6) is 0. The topological polar surface area (TPSA) is 26.3 Å². The van der Waals surface area contributed by atoms with Crippen molar-refractivity contribution >= 4 is 29.3 Å². The van der Waals surface area contributed by atoms with Crippen molar-refractivity contribution in [3.63, 3.8) is 0 Å². The van der Waals surface area contributed by atoms with Crippen molar-refractivity contribution in [2.45, 2.75) is 13.5 Å². The zero-order chi connectivity index (χ0) is 10.7. The molecule has 0 aliphatic heterocycles. The number of thiol groups is 1. The average Bonchev–Trinajstić information content (AvgIpc) is 2.11. The van der Waals surface area contributed by atoms with E-state index in [0.717, 1.165) is 11.1 Å². The van der Waals surface area contributed by atoms with E-state index in [2.05, 4.69) is 12.6 Å². The second-order valence-electron chi connectivity index (χ2n) is 2.96. The Morgan fingerprint density at radius 3 is 2.71 bits per heavy atom. The fraction of sp³-hybridized carbons (Fsp3) is 0.300. The van der Waals surface area contributed by atoms with Gasteiger partial charge in [0.05, 0.1) is 11.6 Å². The monoisotopic (exact) mass is 230 g/mol. The highest BCUT2D eigenvalue weighted by molar-refractivity contribution is 7.97. The van der Waals surface area contributed by atoms with Crippen LogP contribution in [0.15, 0.2) is 12.1 Å². The van der Waals surface area contributed by atoms with Crippen LogP contribution in [0.2, 0.25) is 5.02 Å². The van der Waals surface area contributed by atoms with Crippen LogP contribution in [0.4, 0.5) is 0 Å². The van der Waals surface area contributed by atoms with E-state index in [1.165, 1.54) is 0 Å². The number of ether oxygens (including phenoxy) is 1. The summed E-state index contributed by atoms with van der Waals surface area (Å²) in [4.78, 5) is 11.1. The molecule has 0 aromatic heterocycles. The molecule has 4 heteroatoms. The Hall–Kier alpha value is -0.510. The zero-order valence-electron chi connectivity index (χ0n) is 8.00. The third kappa shape index (κ3) is 2.29. The maximum atomic E-state index is 11.1. The standard InChI is InChI=1S/C10H11ClO2S/c1-6-3-4-7(10(12)14)9(11)8(6)5-13-2/h3-4H,5H2,1-2H3,(H,12,14). The molecule has 1 aromatic carbocycles. The molecule has 0 spiro atoms. The Morgan fingerprint density at radius 1 is 1.57 bits per heavy atom. The minimum atomic E-state index is -0.327. The molecule has 0 atom stereocenters. The van der Waals surface area contributed by atoms with Crippen molar-refractivity contribution in [3.8, 4) is 0 Å². The Labute approximate surface area is 93.6 Å². The number of benzene rings is 1. The van der Waals surface area contributed by atoms with E-state index < -0.39 is 0 Å². The molecule has 0 aliphatic carbocycles. The van der Waals surface area contributed by atoms with E-state index in [9.17, 15) is 4.79 Å². The number of halogens is 1. The van der Waals surface area contributed by atoms with Crippen molar-refractivity contribution < 1.29 is 9.53 Å². The largest absolute Gasteiger partial charge is 0.380 e. The van der Waals surface area contributed by atoms with E-state index in [-0.39, 0.29) is 5.12 Å². The van der Waals surface area contributed by atoms with Crippen LogP contribution in [0.5, 0.6) is 0 Å². The van der Waals surface area contributed by atoms with E-state index >= 15 is 0 Å². The molecule has 0 radical (unpaired) electrons. The van der Waals surface area contributed by atoms with Crippen LogP contribution in [-0.2, 0) is 11.3 Å². The Morgan fingerprint density at radius 2 is 2.21 bits per heavy atom.